The van der Waals surface area contributed by atoms with Gasteiger partial charge in [0.1, 0.15) is 17.8 Å². The van der Waals surface area contributed by atoms with Gasteiger partial charge in [-0.2, -0.15) is 0 Å². The fourth-order valence-corrected chi connectivity index (χ4v) is 5.27. The van der Waals surface area contributed by atoms with Gasteiger partial charge in [0.25, 0.3) is 0 Å². The Balaban J connectivity index is 1.45. The van der Waals surface area contributed by atoms with Crippen LogP contribution in [-0.2, 0) is 5.41 Å². The largest absolute Gasteiger partial charge is 0.355 e. The van der Waals surface area contributed by atoms with Crippen LogP contribution in [0.25, 0.3) is 11.0 Å². The third kappa shape index (κ3) is 3.14. The second-order valence-electron chi connectivity index (χ2n) is 8.42. The van der Waals surface area contributed by atoms with Gasteiger partial charge in [0.05, 0.1) is 5.39 Å². The maximum Gasteiger partial charge on any atom is 0.145 e. The van der Waals surface area contributed by atoms with Gasteiger partial charge in [-0.3, -0.25) is 0 Å². The van der Waals surface area contributed by atoms with Gasteiger partial charge in [-0.15, -0.1) is 0 Å². The molecule has 4 aromatic rings. The molecule has 0 unspecified atom stereocenters. The van der Waals surface area contributed by atoms with E-state index in [0.29, 0.717) is 0 Å². The van der Waals surface area contributed by atoms with Gasteiger partial charge in [-0.1, -0.05) is 17.7 Å². The lowest BCUT2D eigenvalue weighted by Crippen LogP contribution is -2.42. The topological polar surface area (TPSA) is 68.9 Å². The van der Waals surface area contributed by atoms with Gasteiger partial charge in [-0.05, 0) is 74.0 Å². The van der Waals surface area contributed by atoms with Crippen molar-refractivity contribution >= 4 is 45.5 Å². The molecule has 6 nitrogen and oxygen atoms in total. The van der Waals surface area contributed by atoms with E-state index in [-0.39, 0.29) is 5.41 Å². The van der Waals surface area contributed by atoms with E-state index in [1.807, 2.05) is 30.5 Å². The first-order chi connectivity index (χ1) is 15.2. The Labute approximate surface area is 185 Å². The van der Waals surface area contributed by atoms with E-state index in [9.17, 15) is 0 Å². The van der Waals surface area contributed by atoms with Crippen LogP contribution in [0.2, 0.25) is 5.02 Å². The van der Waals surface area contributed by atoms with Crippen LogP contribution in [0.3, 0.4) is 0 Å². The molecule has 156 valence electrons. The number of aromatic amines is 1. The maximum atomic E-state index is 6.18. The van der Waals surface area contributed by atoms with E-state index in [1.54, 1.807) is 6.33 Å². The molecule has 0 aliphatic carbocycles. The normalized spacial score (nSPS) is 17.3. The van der Waals surface area contributed by atoms with Gasteiger partial charge in [0.15, 0.2) is 0 Å². The Morgan fingerprint density at radius 2 is 1.87 bits per heavy atom. The third-order valence-corrected chi connectivity index (χ3v) is 6.82. The highest BCUT2D eigenvalue weighted by atomic mass is 35.5. The summed E-state index contributed by atoms with van der Waals surface area (Å²) in [4.78, 5) is 14.7. The van der Waals surface area contributed by atoms with Gasteiger partial charge in [-0.25, -0.2) is 9.97 Å². The average molecular weight is 431 g/mol. The van der Waals surface area contributed by atoms with Crippen LogP contribution in [0.4, 0.5) is 22.9 Å². The Morgan fingerprint density at radius 1 is 1.00 bits per heavy atom. The zero-order valence-electron chi connectivity index (χ0n) is 17.0. The molecular formula is C24H23ClN6. The van der Waals surface area contributed by atoms with E-state index in [1.165, 1.54) is 11.3 Å². The van der Waals surface area contributed by atoms with Gasteiger partial charge >= 0.3 is 0 Å². The Bertz CT molecular complexity index is 1260. The van der Waals surface area contributed by atoms with Crippen LogP contribution in [0.1, 0.15) is 18.4 Å². The number of piperidine rings is 1. The van der Waals surface area contributed by atoms with Crippen molar-refractivity contribution in [3.05, 3.63) is 71.6 Å². The van der Waals surface area contributed by atoms with Crippen molar-refractivity contribution in [1.29, 1.82) is 0 Å². The molecule has 6 rings (SSSR count). The number of hydrogen-bond acceptors (Lipinski definition) is 5. The lowest BCUT2D eigenvalue weighted by Gasteiger charge is -2.35. The van der Waals surface area contributed by atoms with Gasteiger partial charge in [0, 0.05) is 40.2 Å². The van der Waals surface area contributed by atoms with Crippen molar-refractivity contribution in [2.24, 2.45) is 0 Å². The molecule has 0 saturated carbocycles. The summed E-state index contributed by atoms with van der Waals surface area (Å²) in [7, 11) is 0. The van der Waals surface area contributed by atoms with Crippen molar-refractivity contribution in [3.63, 3.8) is 0 Å². The first-order valence-electron chi connectivity index (χ1n) is 10.7. The van der Waals surface area contributed by atoms with Crippen molar-refractivity contribution in [2.75, 3.05) is 29.9 Å². The molecule has 2 aromatic heterocycles. The summed E-state index contributed by atoms with van der Waals surface area (Å²) in [6, 6.07) is 16.6. The summed E-state index contributed by atoms with van der Waals surface area (Å²) >= 11 is 6.18. The van der Waals surface area contributed by atoms with Crippen molar-refractivity contribution in [3.8, 4) is 0 Å². The van der Waals surface area contributed by atoms with Crippen LogP contribution in [-0.4, -0.2) is 34.6 Å². The first-order valence-corrected chi connectivity index (χ1v) is 11.0. The summed E-state index contributed by atoms with van der Waals surface area (Å²) in [5, 5.41) is 8.84. The van der Waals surface area contributed by atoms with E-state index in [2.05, 4.69) is 54.8 Å². The summed E-state index contributed by atoms with van der Waals surface area (Å²) in [5.41, 5.74) is 5.68. The predicted molar refractivity (Wildman–Crippen MR) is 126 cm³/mol. The number of rotatable bonds is 3. The molecule has 31 heavy (non-hydrogen) atoms. The lowest BCUT2D eigenvalue weighted by molar-refractivity contribution is 0.329. The zero-order chi connectivity index (χ0) is 20.8. The van der Waals surface area contributed by atoms with Crippen molar-refractivity contribution < 1.29 is 0 Å². The minimum Gasteiger partial charge on any atom is -0.355 e. The molecule has 1 spiro atoms. The molecule has 0 radical (unpaired) electrons. The number of nitrogens with zero attached hydrogens (tertiary/aromatic N) is 3. The van der Waals surface area contributed by atoms with Crippen LogP contribution in [0, 0.1) is 0 Å². The number of benzene rings is 2. The molecule has 1 saturated heterocycles. The lowest BCUT2D eigenvalue weighted by atomic mass is 9.74. The molecule has 4 heterocycles. The van der Waals surface area contributed by atoms with E-state index >= 15 is 0 Å². The fourth-order valence-electron chi connectivity index (χ4n) is 5.08. The molecular weight excluding hydrogens is 408 g/mol. The zero-order valence-corrected chi connectivity index (χ0v) is 17.8. The van der Waals surface area contributed by atoms with Crippen LogP contribution in [0.15, 0.2) is 61.1 Å². The van der Waals surface area contributed by atoms with Gasteiger partial charge in [0.2, 0.25) is 0 Å². The summed E-state index contributed by atoms with van der Waals surface area (Å²) in [6.45, 7) is 2.99. The minimum atomic E-state index is 0.111. The predicted octanol–water partition coefficient (Wildman–Crippen LogP) is 5.13. The third-order valence-electron chi connectivity index (χ3n) is 6.58. The number of aromatic nitrogens is 3. The van der Waals surface area contributed by atoms with E-state index in [0.717, 1.165) is 65.7 Å². The van der Waals surface area contributed by atoms with Crippen molar-refractivity contribution in [1.82, 2.24) is 20.3 Å². The number of hydrogen-bond donors (Lipinski definition) is 3. The quantitative estimate of drug-likeness (QED) is 0.420. The molecule has 0 amide bonds. The number of fused-ring (bicyclic) bond motifs is 3. The van der Waals surface area contributed by atoms with Crippen LogP contribution >= 0.6 is 11.6 Å². The van der Waals surface area contributed by atoms with E-state index in [4.69, 9.17) is 11.6 Å². The summed E-state index contributed by atoms with van der Waals surface area (Å²) in [6.07, 6.45) is 5.80. The number of anilines is 4. The van der Waals surface area contributed by atoms with Crippen molar-refractivity contribution in [2.45, 2.75) is 18.3 Å². The van der Waals surface area contributed by atoms with E-state index < -0.39 is 0 Å². The summed E-state index contributed by atoms with van der Waals surface area (Å²) in [5.74, 6) is 0.971. The molecule has 1 fully saturated rings. The van der Waals surface area contributed by atoms with Crippen LogP contribution < -0.4 is 15.5 Å². The minimum absolute atomic E-state index is 0.111. The molecule has 3 N–H and O–H groups in total. The average Bonchev–Trinajstić information content (AvgIpc) is 3.38. The summed E-state index contributed by atoms with van der Waals surface area (Å²) < 4.78 is 0. The Kier molecular flexibility index (Phi) is 4.37. The van der Waals surface area contributed by atoms with Gasteiger partial charge < -0.3 is 20.5 Å². The molecule has 2 aliphatic heterocycles. The smallest absolute Gasteiger partial charge is 0.145 e. The molecule has 2 aliphatic rings. The standard InChI is InChI=1S/C24H23ClN6/c25-16-2-1-3-17(12-16)30-18-4-5-21-20(13-18)24(7-10-26-11-8-24)14-31(21)23-19-6-9-27-22(19)28-15-29-23/h1-6,9,12-13,15,26,30H,7-8,10-11,14H2,(H,27,28,29). The molecule has 7 heteroatoms. The molecule has 2 aromatic carbocycles. The number of halogens is 1. The highest BCUT2D eigenvalue weighted by Crippen LogP contribution is 2.50. The maximum absolute atomic E-state index is 6.18. The second kappa shape index (κ2) is 7.25. The van der Waals surface area contributed by atoms with Crippen LogP contribution in [0.5, 0.6) is 0 Å². The number of nitrogens with one attached hydrogen (secondary N) is 3. The number of H-pyrrole nitrogens is 1. The SMILES string of the molecule is Clc1cccc(Nc2ccc3c(c2)C2(CCNCC2)CN3c2ncnc3[nH]ccc23)c1. The first kappa shape index (κ1) is 18.7. The fraction of sp³-hybridized carbons (Fsp3) is 0.250. The Morgan fingerprint density at radius 3 is 2.74 bits per heavy atom. The Hall–Kier alpha value is -3.09. The molecule has 0 bridgehead atoms. The highest BCUT2D eigenvalue weighted by Gasteiger charge is 2.44. The monoisotopic (exact) mass is 430 g/mol. The highest BCUT2D eigenvalue weighted by molar-refractivity contribution is 6.30. The molecule has 0 atom stereocenters. The second-order valence-corrected chi connectivity index (χ2v) is 8.86.